The number of methoxy groups -OCH3 is 2. The van der Waals surface area contributed by atoms with Gasteiger partial charge in [0.25, 0.3) is 0 Å². The van der Waals surface area contributed by atoms with Crippen molar-refractivity contribution in [3.05, 3.63) is 54.4 Å². The first kappa shape index (κ1) is 17.4. The third kappa shape index (κ3) is 4.15. The molecule has 0 saturated carbocycles. The van der Waals surface area contributed by atoms with E-state index in [2.05, 4.69) is 20.8 Å². The molecule has 1 amide bonds. The summed E-state index contributed by atoms with van der Waals surface area (Å²) in [6, 6.07) is 12.9. The Bertz CT molecular complexity index is 863. The Kier molecular flexibility index (Phi) is 5.43. The van der Waals surface area contributed by atoms with Crippen LogP contribution in [0.2, 0.25) is 0 Å². The predicted molar refractivity (Wildman–Crippen MR) is 95.7 cm³/mol. The highest BCUT2D eigenvalue weighted by molar-refractivity contribution is 5.90. The lowest BCUT2D eigenvalue weighted by Crippen LogP contribution is -2.12. The fourth-order valence-electron chi connectivity index (χ4n) is 2.49. The van der Waals surface area contributed by atoms with Gasteiger partial charge in [-0.2, -0.15) is 0 Å². The van der Waals surface area contributed by atoms with Crippen molar-refractivity contribution in [2.45, 2.75) is 12.8 Å². The molecule has 0 unspecified atom stereocenters. The molecule has 0 bridgehead atoms. The lowest BCUT2D eigenvalue weighted by Gasteiger charge is -2.10. The average Bonchev–Trinajstić information content (AvgIpc) is 3.21. The minimum Gasteiger partial charge on any atom is -0.493 e. The smallest absolute Gasteiger partial charge is 0.224 e. The maximum absolute atomic E-state index is 12.2. The number of aromatic nitrogens is 4. The Hall–Kier alpha value is -3.42. The van der Waals surface area contributed by atoms with Crippen molar-refractivity contribution >= 4 is 11.6 Å². The van der Waals surface area contributed by atoms with Gasteiger partial charge < -0.3 is 14.8 Å². The van der Waals surface area contributed by atoms with Gasteiger partial charge >= 0.3 is 0 Å². The molecule has 0 radical (unpaired) electrons. The van der Waals surface area contributed by atoms with E-state index >= 15 is 0 Å². The minimum atomic E-state index is -0.0602. The molecule has 134 valence electrons. The molecule has 8 nitrogen and oxygen atoms in total. The summed E-state index contributed by atoms with van der Waals surface area (Å²) in [5.41, 5.74) is 2.55. The van der Waals surface area contributed by atoms with E-state index in [1.54, 1.807) is 18.9 Å². The summed E-state index contributed by atoms with van der Waals surface area (Å²) in [5.74, 6) is 1.27. The van der Waals surface area contributed by atoms with Crippen LogP contribution < -0.4 is 14.8 Å². The lowest BCUT2D eigenvalue weighted by atomic mass is 10.1. The van der Waals surface area contributed by atoms with Crippen LogP contribution in [0.25, 0.3) is 5.69 Å². The number of anilines is 1. The van der Waals surface area contributed by atoms with E-state index in [1.165, 1.54) is 6.33 Å². The van der Waals surface area contributed by atoms with Gasteiger partial charge in [0.15, 0.2) is 11.5 Å². The fraction of sp³-hybridized carbons (Fsp3) is 0.222. The molecule has 1 aromatic heterocycles. The molecule has 1 heterocycles. The van der Waals surface area contributed by atoms with Crippen LogP contribution in [0, 0.1) is 0 Å². The number of ether oxygens (including phenoxy) is 2. The van der Waals surface area contributed by atoms with Gasteiger partial charge in [-0.25, -0.2) is 4.68 Å². The molecule has 2 aromatic carbocycles. The van der Waals surface area contributed by atoms with Gasteiger partial charge in [-0.3, -0.25) is 4.79 Å². The molecular weight excluding hydrogens is 334 g/mol. The number of nitrogens with zero attached hydrogens (tertiary/aromatic N) is 4. The summed E-state index contributed by atoms with van der Waals surface area (Å²) in [6.45, 7) is 0. The molecule has 8 heteroatoms. The summed E-state index contributed by atoms with van der Waals surface area (Å²) < 4.78 is 12.0. The summed E-state index contributed by atoms with van der Waals surface area (Å²) in [7, 11) is 3.18. The van der Waals surface area contributed by atoms with Gasteiger partial charge in [-0.05, 0) is 58.8 Å². The van der Waals surface area contributed by atoms with Crippen molar-refractivity contribution in [3.63, 3.8) is 0 Å². The molecule has 0 spiro atoms. The molecule has 0 aliphatic heterocycles. The number of hydrogen-bond donors (Lipinski definition) is 1. The SMILES string of the molecule is COc1ccc(CCC(=O)Nc2ccc(-n3cnnn3)cc2)cc1OC. The van der Waals surface area contributed by atoms with E-state index in [0.29, 0.717) is 24.3 Å². The van der Waals surface area contributed by atoms with Crippen LogP contribution in [0.1, 0.15) is 12.0 Å². The monoisotopic (exact) mass is 353 g/mol. The van der Waals surface area contributed by atoms with Crippen molar-refractivity contribution in [2.24, 2.45) is 0 Å². The molecule has 0 atom stereocenters. The van der Waals surface area contributed by atoms with Crippen LogP contribution in [0.15, 0.2) is 48.8 Å². The molecule has 3 rings (SSSR count). The highest BCUT2D eigenvalue weighted by Crippen LogP contribution is 2.28. The Labute approximate surface area is 150 Å². The van der Waals surface area contributed by atoms with Crippen LogP contribution in [-0.2, 0) is 11.2 Å². The van der Waals surface area contributed by atoms with Crippen molar-refractivity contribution < 1.29 is 14.3 Å². The largest absolute Gasteiger partial charge is 0.493 e. The number of rotatable bonds is 7. The maximum Gasteiger partial charge on any atom is 0.224 e. The molecule has 26 heavy (non-hydrogen) atoms. The zero-order valence-electron chi connectivity index (χ0n) is 14.5. The lowest BCUT2D eigenvalue weighted by molar-refractivity contribution is -0.116. The number of nitrogens with one attached hydrogen (secondary N) is 1. The first-order valence-electron chi connectivity index (χ1n) is 8.04. The van der Waals surface area contributed by atoms with E-state index < -0.39 is 0 Å². The zero-order valence-corrected chi connectivity index (χ0v) is 14.5. The van der Waals surface area contributed by atoms with Crippen LogP contribution in [-0.4, -0.2) is 40.3 Å². The van der Waals surface area contributed by atoms with Crippen molar-refractivity contribution in [3.8, 4) is 17.2 Å². The Balaban J connectivity index is 1.56. The summed E-state index contributed by atoms with van der Waals surface area (Å²) in [4.78, 5) is 12.2. The molecule has 0 aliphatic carbocycles. The van der Waals surface area contributed by atoms with E-state index in [9.17, 15) is 4.79 Å². The maximum atomic E-state index is 12.2. The standard InChI is InChI=1S/C18H19N5O3/c1-25-16-9-3-13(11-17(16)26-2)4-10-18(24)20-14-5-7-15(8-6-14)23-12-19-21-22-23/h3,5-9,11-12H,4,10H2,1-2H3,(H,20,24). The Morgan fingerprint density at radius 3 is 2.50 bits per heavy atom. The number of carbonyl (C=O) groups is 1. The zero-order chi connectivity index (χ0) is 18.4. The molecule has 0 saturated heterocycles. The van der Waals surface area contributed by atoms with Gasteiger partial charge in [-0.15, -0.1) is 5.10 Å². The highest BCUT2D eigenvalue weighted by atomic mass is 16.5. The van der Waals surface area contributed by atoms with E-state index in [1.807, 2.05) is 42.5 Å². The van der Waals surface area contributed by atoms with E-state index in [4.69, 9.17) is 9.47 Å². The quantitative estimate of drug-likeness (QED) is 0.700. The number of amides is 1. The van der Waals surface area contributed by atoms with Crippen LogP contribution >= 0.6 is 0 Å². The summed E-state index contributed by atoms with van der Waals surface area (Å²) in [6.07, 6.45) is 2.48. The van der Waals surface area contributed by atoms with Crippen molar-refractivity contribution in [2.75, 3.05) is 19.5 Å². The second-order valence-electron chi connectivity index (χ2n) is 5.54. The number of tetrazole rings is 1. The average molecular weight is 353 g/mol. The predicted octanol–water partition coefficient (Wildman–Crippen LogP) is 2.25. The topological polar surface area (TPSA) is 91.2 Å². The van der Waals surface area contributed by atoms with Crippen molar-refractivity contribution in [1.82, 2.24) is 20.2 Å². The highest BCUT2D eigenvalue weighted by Gasteiger charge is 2.08. The second kappa shape index (κ2) is 8.11. The second-order valence-corrected chi connectivity index (χ2v) is 5.54. The van der Waals surface area contributed by atoms with Crippen LogP contribution in [0.4, 0.5) is 5.69 Å². The van der Waals surface area contributed by atoms with Crippen molar-refractivity contribution in [1.29, 1.82) is 0 Å². The number of carbonyl (C=O) groups excluding carboxylic acids is 1. The summed E-state index contributed by atoms with van der Waals surface area (Å²) in [5, 5.41) is 13.9. The molecule has 3 aromatic rings. The van der Waals surface area contributed by atoms with Gasteiger partial charge in [0, 0.05) is 12.1 Å². The first-order chi connectivity index (χ1) is 12.7. The molecule has 1 N–H and O–H groups in total. The first-order valence-corrected chi connectivity index (χ1v) is 8.04. The van der Waals surface area contributed by atoms with Gasteiger partial charge in [0.1, 0.15) is 6.33 Å². The molecule has 0 fully saturated rings. The Morgan fingerprint density at radius 1 is 1.08 bits per heavy atom. The third-order valence-electron chi connectivity index (χ3n) is 3.85. The number of benzene rings is 2. The van der Waals surface area contributed by atoms with Crippen LogP contribution in [0.3, 0.4) is 0 Å². The van der Waals surface area contributed by atoms with E-state index in [0.717, 1.165) is 16.9 Å². The van der Waals surface area contributed by atoms with Crippen LogP contribution in [0.5, 0.6) is 11.5 Å². The summed E-state index contributed by atoms with van der Waals surface area (Å²) >= 11 is 0. The fourth-order valence-corrected chi connectivity index (χ4v) is 2.49. The number of hydrogen-bond acceptors (Lipinski definition) is 6. The number of aryl methyl sites for hydroxylation is 1. The molecule has 0 aliphatic rings. The van der Waals surface area contributed by atoms with Gasteiger partial charge in [-0.1, -0.05) is 6.07 Å². The minimum absolute atomic E-state index is 0.0602. The molecular formula is C18H19N5O3. The normalized spacial score (nSPS) is 10.4. The van der Waals surface area contributed by atoms with Gasteiger partial charge in [0.05, 0.1) is 19.9 Å². The van der Waals surface area contributed by atoms with E-state index in [-0.39, 0.29) is 5.91 Å². The Morgan fingerprint density at radius 2 is 1.85 bits per heavy atom. The van der Waals surface area contributed by atoms with Gasteiger partial charge in [0.2, 0.25) is 5.91 Å². The third-order valence-corrected chi connectivity index (χ3v) is 3.85.